The van der Waals surface area contributed by atoms with E-state index >= 15 is 0 Å². The summed E-state index contributed by atoms with van der Waals surface area (Å²) in [5, 5.41) is 7.57. The van der Waals surface area contributed by atoms with Gasteiger partial charge in [0.2, 0.25) is 0 Å². The molecule has 8 heteroatoms. The summed E-state index contributed by atoms with van der Waals surface area (Å²) in [6.07, 6.45) is 0.586. The summed E-state index contributed by atoms with van der Waals surface area (Å²) in [6, 6.07) is 22.8. The number of hydrogen-bond donors (Lipinski definition) is 0. The number of hydrazone groups is 1. The average Bonchev–Trinajstić information content (AvgIpc) is 3.43. The van der Waals surface area contributed by atoms with E-state index in [0.717, 1.165) is 31.4 Å². The highest BCUT2D eigenvalue weighted by atomic mass is 35.5. The van der Waals surface area contributed by atoms with Crippen LogP contribution in [0.15, 0.2) is 82.2 Å². The summed E-state index contributed by atoms with van der Waals surface area (Å²) < 4.78 is 1.98. The fraction of sp³-hybridized carbons (Fsp3) is 0.125. The number of nitrogens with zero attached hydrogens (tertiary/aromatic N) is 3. The Kier molecular flexibility index (Phi) is 6.20. The molecule has 1 atom stereocenters. The first kappa shape index (κ1) is 21.5. The molecule has 1 amide bonds. The minimum Gasteiger partial charge on any atom is -0.272 e. The van der Waals surface area contributed by atoms with Crippen molar-refractivity contribution in [1.82, 2.24) is 9.99 Å². The van der Waals surface area contributed by atoms with Gasteiger partial charge in [-0.05, 0) is 41.5 Å². The first-order valence-electron chi connectivity index (χ1n) is 9.97. The normalized spacial score (nSPS) is 15.9. The van der Waals surface area contributed by atoms with E-state index < -0.39 is 0 Å². The molecule has 0 N–H and O–H groups in total. The van der Waals surface area contributed by atoms with Crippen molar-refractivity contribution < 1.29 is 4.79 Å². The molecule has 5 rings (SSSR count). The van der Waals surface area contributed by atoms with Crippen molar-refractivity contribution in [2.75, 3.05) is 5.75 Å². The minimum absolute atomic E-state index is 0.0804. The number of carbonyl (C=O) groups is 1. The molecular formula is C24H17Cl2N3OS2. The summed E-state index contributed by atoms with van der Waals surface area (Å²) in [7, 11) is 0. The molecule has 1 aliphatic heterocycles. The smallest absolute Gasteiger partial charge is 0.253 e. The highest BCUT2D eigenvalue weighted by molar-refractivity contribution is 8.01. The maximum atomic E-state index is 13.3. The van der Waals surface area contributed by atoms with Gasteiger partial charge in [-0.1, -0.05) is 77.4 Å². The van der Waals surface area contributed by atoms with Gasteiger partial charge in [-0.25, -0.2) is 9.99 Å². The van der Waals surface area contributed by atoms with Crippen molar-refractivity contribution >= 4 is 68.1 Å². The molecule has 32 heavy (non-hydrogen) atoms. The van der Waals surface area contributed by atoms with Gasteiger partial charge in [0.1, 0.15) is 0 Å². The number of fused-ring (bicyclic) bond motifs is 1. The lowest BCUT2D eigenvalue weighted by atomic mass is 9.98. The number of halogens is 2. The van der Waals surface area contributed by atoms with Crippen LogP contribution in [0.1, 0.15) is 23.6 Å². The Morgan fingerprint density at radius 3 is 2.56 bits per heavy atom. The molecular weight excluding hydrogens is 481 g/mol. The molecule has 2 heterocycles. The number of thiazole rings is 1. The molecule has 0 bridgehead atoms. The van der Waals surface area contributed by atoms with Crippen molar-refractivity contribution in [3.8, 4) is 0 Å². The van der Waals surface area contributed by atoms with E-state index in [4.69, 9.17) is 28.3 Å². The van der Waals surface area contributed by atoms with Crippen molar-refractivity contribution in [3.63, 3.8) is 0 Å². The Morgan fingerprint density at radius 2 is 1.78 bits per heavy atom. The second-order valence-electron chi connectivity index (χ2n) is 7.27. The van der Waals surface area contributed by atoms with Gasteiger partial charge in [0.15, 0.2) is 4.34 Å². The third kappa shape index (κ3) is 4.41. The quantitative estimate of drug-likeness (QED) is 0.277. The van der Waals surface area contributed by atoms with Crippen molar-refractivity contribution in [2.45, 2.75) is 16.8 Å². The van der Waals surface area contributed by atoms with Crippen LogP contribution in [0.5, 0.6) is 0 Å². The van der Waals surface area contributed by atoms with Crippen LogP contribution in [0.25, 0.3) is 10.2 Å². The van der Waals surface area contributed by atoms with E-state index in [1.165, 1.54) is 11.8 Å². The van der Waals surface area contributed by atoms with Crippen LogP contribution in [0, 0.1) is 0 Å². The number of rotatable bonds is 5. The molecule has 0 aliphatic carbocycles. The third-order valence-electron chi connectivity index (χ3n) is 5.20. The van der Waals surface area contributed by atoms with Crippen LogP contribution < -0.4 is 0 Å². The van der Waals surface area contributed by atoms with Gasteiger partial charge in [0.05, 0.1) is 27.7 Å². The predicted molar refractivity (Wildman–Crippen MR) is 134 cm³/mol. The maximum Gasteiger partial charge on any atom is 0.253 e. The van der Waals surface area contributed by atoms with E-state index in [1.54, 1.807) is 16.3 Å². The molecule has 0 radical (unpaired) electrons. The number of benzene rings is 3. The number of thioether (sulfide) groups is 1. The molecule has 0 spiro atoms. The molecule has 0 saturated carbocycles. The Labute approximate surface area is 203 Å². The molecule has 0 saturated heterocycles. The number of hydrogen-bond acceptors (Lipinski definition) is 5. The minimum atomic E-state index is -0.252. The zero-order valence-corrected chi connectivity index (χ0v) is 19.9. The Balaban J connectivity index is 1.40. The van der Waals surface area contributed by atoms with E-state index in [-0.39, 0.29) is 17.7 Å². The van der Waals surface area contributed by atoms with E-state index in [9.17, 15) is 4.79 Å². The highest BCUT2D eigenvalue weighted by Gasteiger charge is 2.34. The van der Waals surface area contributed by atoms with Crippen LogP contribution in [0.2, 0.25) is 10.0 Å². The predicted octanol–water partition coefficient (Wildman–Crippen LogP) is 7.07. The molecule has 4 aromatic rings. The molecule has 3 aromatic carbocycles. The van der Waals surface area contributed by atoms with Crippen LogP contribution in [0.4, 0.5) is 0 Å². The van der Waals surface area contributed by atoms with Crippen molar-refractivity contribution in [2.24, 2.45) is 5.10 Å². The fourth-order valence-corrected chi connectivity index (χ4v) is 5.96. The van der Waals surface area contributed by atoms with Crippen LogP contribution in [0.3, 0.4) is 0 Å². The molecule has 1 unspecified atom stereocenters. The van der Waals surface area contributed by atoms with Crippen LogP contribution in [-0.2, 0) is 4.79 Å². The lowest BCUT2D eigenvalue weighted by molar-refractivity contribution is -0.130. The number of carbonyl (C=O) groups excluding carboxylic acids is 1. The van der Waals surface area contributed by atoms with Gasteiger partial charge in [-0.15, -0.1) is 11.3 Å². The molecule has 4 nitrogen and oxygen atoms in total. The standard InChI is InChI=1S/C24H17Cl2N3OS2/c25-16-11-9-15(10-12-16)20-13-21(17-5-1-2-6-18(17)26)29(28-20)23(30)14-31-24-27-19-7-3-4-8-22(19)32-24/h1-12,21H,13-14H2. The Morgan fingerprint density at radius 1 is 1.03 bits per heavy atom. The monoisotopic (exact) mass is 497 g/mol. The summed E-state index contributed by atoms with van der Waals surface area (Å²) in [4.78, 5) is 17.9. The Bertz CT molecular complexity index is 1290. The SMILES string of the molecule is O=C(CSc1nc2ccccc2s1)N1N=C(c2ccc(Cl)cc2)CC1c1ccccc1Cl. The van der Waals surface area contributed by atoms with Gasteiger partial charge >= 0.3 is 0 Å². The van der Waals surface area contributed by atoms with Gasteiger partial charge in [-0.2, -0.15) is 5.10 Å². The second kappa shape index (κ2) is 9.24. The van der Waals surface area contributed by atoms with E-state index in [1.807, 2.05) is 72.8 Å². The zero-order valence-electron chi connectivity index (χ0n) is 16.7. The summed E-state index contributed by atoms with van der Waals surface area (Å²) in [5.74, 6) is 0.168. The molecule has 1 aliphatic rings. The number of aromatic nitrogens is 1. The largest absolute Gasteiger partial charge is 0.272 e. The summed E-state index contributed by atoms with van der Waals surface area (Å²) in [5.41, 5.74) is 3.62. The highest BCUT2D eigenvalue weighted by Crippen LogP contribution is 2.37. The van der Waals surface area contributed by atoms with E-state index in [2.05, 4.69) is 4.98 Å². The lowest BCUT2D eigenvalue weighted by Crippen LogP contribution is -2.28. The first-order valence-corrected chi connectivity index (χ1v) is 12.5. The van der Waals surface area contributed by atoms with Gasteiger partial charge in [0, 0.05) is 16.5 Å². The van der Waals surface area contributed by atoms with Crippen molar-refractivity contribution in [1.29, 1.82) is 0 Å². The number of para-hydroxylation sites is 1. The zero-order chi connectivity index (χ0) is 22.1. The maximum absolute atomic E-state index is 13.3. The fourth-order valence-electron chi connectivity index (χ4n) is 3.65. The second-order valence-corrected chi connectivity index (χ2v) is 10.4. The Hall–Kier alpha value is -2.38. The van der Waals surface area contributed by atoms with E-state index in [0.29, 0.717) is 16.5 Å². The molecule has 0 fully saturated rings. The van der Waals surface area contributed by atoms with Crippen LogP contribution in [-0.4, -0.2) is 27.4 Å². The van der Waals surface area contributed by atoms with Crippen molar-refractivity contribution in [3.05, 3.63) is 94.0 Å². The van der Waals surface area contributed by atoms with Gasteiger partial charge in [-0.3, -0.25) is 4.79 Å². The number of amides is 1. The summed E-state index contributed by atoms with van der Waals surface area (Å²) >= 11 is 15.6. The third-order valence-corrected chi connectivity index (χ3v) is 7.96. The molecule has 160 valence electrons. The van der Waals surface area contributed by atoms with Gasteiger partial charge < -0.3 is 0 Å². The lowest BCUT2D eigenvalue weighted by Gasteiger charge is -2.22. The van der Waals surface area contributed by atoms with Gasteiger partial charge in [0.25, 0.3) is 5.91 Å². The summed E-state index contributed by atoms with van der Waals surface area (Å²) in [6.45, 7) is 0. The first-order chi connectivity index (χ1) is 15.6. The molecule has 1 aromatic heterocycles. The average molecular weight is 498 g/mol. The topological polar surface area (TPSA) is 45.6 Å². The van der Waals surface area contributed by atoms with Crippen LogP contribution >= 0.6 is 46.3 Å².